The molecule has 0 aliphatic rings. The summed E-state index contributed by atoms with van der Waals surface area (Å²) in [4.78, 5) is 24.3. The quantitative estimate of drug-likeness (QED) is 0.565. The van der Waals surface area contributed by atoms with Crippen LogP contribution in [0.5, 0.6) is 0 Å². The first-order valence-electron chi connectivity index (χ1n) is 8.89. The predicted molar refractivity (Wildman–Crippen MR) is 116 cm³/mol. The normalized spacial score (nSPS) is 12.0. The number of rotatable bonds is 5. The van der Waals surface area contributed by atoms with E-state index in [-0.39, 0.29) is 12.0 Å². The first-order chi connectivity index (χ1) is 13.6. The molecule has 9 nitrogen and oxygen atoms in total. The van der Waals surface area contributed by atoms with Crippen LogP contribution in [0, 0.1) is 0 Å². The van der Waals surface area contributed by atoms with Crippen LogP contribution in [0.3, 0.4) is 0 Å². The van der Waals surface area contributed by atoms with Crippen LogP contribution >= 0.6 is 11.3 Å². The Bertz CT molecular complexity index is 1130. The Labute approximate surface area is 173 Å². The van der Waals surface area contributed by atoms with Crippen molar-refractivity contribution in [2.45, 2.75) is 32.4 Å². The Kier molecular flexibility index (Phi) is 5.71. The highest BCUT2D eigenvalue weighted by Crippen LogP contribution is 2.30. The molecule has 0 radical (unpaired) electrons. The molecule has 2 amide bonds. The average Bonchev–Trinajstić information content (AvgIpc) is 3.02. The number of aromatic nitrogens is 3. The van der Waals surface area contributed by atoms with E-state index in [1.807, 2.05) is 25.1 Å². The lowest BCUT2D eigenvalue weighted by molar-refractivity contribution is 0.252. The summed E-state index contributed by atoms with van der Waals surface area (Å²) in [5.41, 5.74) is 2.28. The molecule has 1 aromatic carbocycles. The Morgan fingerprint density at radius 1 is 1.14 bits per heavy atom. The molecule has 0 saturated carbocycles. The third-order valence-electron chi connectivity index (χ3n) is 3.96. The zero-order valence-corrected chi connectivity index (χ0v) is 18.1. The van der Waals surface area contributed by atoms with Gasteiger partial charge in [0.2, 0.25) is 16.0 Å². The number of carbonyl (C=O) groups excluding carboxylic acids is 1. The van der Waals surface area contributed by atoms with Crippen LogP contribution < -0.4 is 15.4 Å². The average molecular weight is 435 g/mol. The second kappa shape index (κ2) is 7.91. The molecule has 154 valence electrons. The summed E-state index contributed by atoms with van der Waals surface area (Å²) in [7, 11) is -3.59. The summed E-state index contributed by atoms with van der Waals surface area (Å²) >= 11 is 1.38. The van der Waals surface area contributed by atoms with E-state index in [1.165, 1.54) is 11.3 Å². The maximum absolute atomic E-state index is 12.2. The number of fused-ring (bicyclic) bond motifs is 1. The number of amides is 2. The monoisotopic (exact) mass is 434 g/mol. The van der Waals surface area contributed by atoms with E-state index in [0.29, 0.717) is 11.7 Å². The minimum Gasteiger partial charge on any atom is -0.338 e. The van der Waals surface area contributed by atoms with E-state index in [0.717, 1.165) is 21.3 Å². The third kappa shape index (κ3) is 4.80. The lowest BCUT2D eigenvalue weighted by Crippen LogP contribution is -2.34. The summed E-state index contributed by atoms with van der Waals surface area (Å²) < 4.78 is 26.8. The van der Waals surface area contributed by atoms with Crippen molar-refractivity contribution in [1.29, 1.82) is 0 Å². The molecule has 0 aliphatic heterocycles. The Hall–Kier alpha value is -2.79. The number of thiazole rings is 1. The molecule has 0 spiro atoms. The van der Waals surface area contributed by atoms with E-state index in [9.17, 15) is 13.2 Å². The maximum atomic E-state index is 12.2. The van der Waals surface area contributed by atoms with Gasteiger partial charge in [-0.15, -0.1) is 0 Å². The number of anilines is 2. The summed E-state index contributed by atoms with van der Waals surface area (Å²) in [6, 6.07) is 5.37. The molecule has 0 atom stereocenters. The van der Waals surface area contributed by atoms with Gasteiger partial charge >= 0.3 is 6.03 Å². The number of hydrogen-bond acceptors (Lipinski definition) is 7. The van der Waals surface area contributed by atoms with Crippen LogP contribution in [-0.2, 0) is 10.0 Å². The molecule has 3 rings (SSSR count). The molecule has 3 N–H and O–H groups in total. The van der Waals surface area contributed by atoms with Crippen molar-refractivity contribution in [2.75, 3.05) is 16.6 Å². The molecule has 0 aliphatic carbocycles. The van der Waals surface area contributed by atoms with Gasteiger partial charge in [0.15, 0.2) is 5.13 Å². The van der Waals surface area contributed by atoms with Crippen molar-refractivity contribution in [3.63, 3.8) is 0 Å². The van der Waals surface area contributed by atoms with Crippen LogP contribution in [0.1, 0.15) is 27.7 Å². The Balaban J connectivity index is 1.81. The first-order valence-corrected chi connectivity index (χ1v) is 11.2. The van der Waals surface area contributed by atoms with Gasteiger partial charge in [0, 0.05) is 24.5 Å². The van der Waals surface area contributed by atoms with Crippen LogP contribution in [0.25, 0.3) is 21.3 Å². The number of sulfonamides is 1. The van der Waals surface area contributed by atoms with Gasteiger partial charge in [-0.05, 0) is 45.4 Å². The smallest absolute Gasteiger partial charge is 0.321 e. The number of hydrogen-bond donors (Lipinski definition) is 3. The summed E-state index contributed by atoms with van der Waals surface area (Å²) in [5, 5.41) is 5.86. The molecule has 0 saturated heterocycles. The highest BCUT2D eigenvalue weighted by atomic mass is 32.2. The van der Waals surface area contributed by atoms with Gasteiger partial charge in [0.25, 0.3) is 0 Å². The van der Waals surface area contributed by atoms with Crippen molar-refractivity contribution in [2.24, 2.45) is 0 Å². The van der Waals surface area contributed by atoms with Crippen LogP contribution in [-0.4, -0.2) is 40.7 Å². The molecule has 3 aromatic rings. The molecule has 29 heavy (non-hydrogen) atoms. The predicted octanol–water partition coefficient (Wildman–Crippen LogP) is 3.43. The molecule has 0 unspecified atom stereocenters. The van der Waals surface area contributed by atoms with E-state index in [4.69, 9.17) is 0 Å². The largest absolute Gasteiger partial charge is 0.338 e. The SMILES string of the molecule is CCNC(=O)Nc1nc2cc(-c3cnc(NS(=O)(=O)C(C)(C)C)nc3)ccc2s1. The van der Waals surface area contributed by atoms with Crippen molar-refractivity contribution in [1.82, 2.24) is 20.3 Å². The van der Waals surface area contributed by atoms with Crippen LogP contribution in [0.15, 0.2) is 30.6 Å². The topological polar surface area (TPSA) is 126 Å². The highest BCUT2D eigenvalue weighted by Gasteiger charge is 2.29. The molecule has 11 heteroatoms. The van der Waals surface area contributed by atoms with Crippen LogP contribution in [0.4, 0.5) is 15.9 Å². The molecule has 2 heterocycles. The first kappa shape index (κ1) is 20.9. The second-order valence-electron chi connectivity index (χ2n) is 7.20. The Morgan fingerprint density at radius 2 is 1.83 bits per heavy atom. The lowest BCUT2D eigenvalue weighted by Gasteiger charge is -2.19. The molecule has 0 bridgehead atoms. The fourth-order valence-corrected chi connectivity index (χ4v) is 3.76. The minimum absolute atomic E-state index is 0.0202. The zero-order chi connectivity index (χ0) is 21.2. The van der Waals surface area contributed by atoms with Crippen molar-refractivity contribution in [3.8, 4) is 11.1 Å². The summed E-state index contributed by atoms with van der Waals surface area (Å²) in [6.45, 7) is 7.17. The van der Waals surface area contributed by atoms with E-state index >= 15 is 0 Å². The number of nitrogens with zero attached hydrogens (tertiary/aromatic N) is 3. The summed E-state index contributed by atoms with van der Waals surface area (Å²) in [5.74, 6) is 0.0202. The van der Waals surface area contributed by atoms with Gasteiger partial charge in [-0.25, -0.2) is 28.2 Å². The molecule has 2 aromatic heterocycles. The van der Waals surface area contributed by atoms with E-state index < -0.39 is 14.8 Å². The van der Waals surface area contributed by atoms with Gasteiger partial charge in [0.1, 0.15) is 0 Å². The molecule has 0 fully saturated rings. The number of benzene rings is 1. The Morgan fingerprint density at radius 3 is 2.45 bits per heavy atom. The van der Waals surface area contributed by atoms with Crippen molar-refractivity contribution in [3.05, 3.63) is 30.6 Å². The zero-order valence-electron chi connectivity index (χ0n) is 16.5. The number of nitrogens with one attached hydrogen (secondary N) is 3. The summed E-state index contributed by atoms with van der Waals surface area (Å²) in [6.07, 6.45) is 3.10. The third-order valence-corrected chi connectivity index (χ3v) is 6.98. The van der Waals surface area contributed by atoms with Gasteiger partial charge in [-0.1, -0.05) is 17.4 Å². The highest BCUT2D eigenvalue weighted by molar-refractivity contribution is 7.94. The number of urea groups is 1. The number of carbonyl (C=O) groups is 1. The minimum atomic E-state index is -3.59. The van der Waals surface area contributed by atoms with Crippen LogP contribution in [0.2, 0.25) is 0 Å². The van der Waals surface area contributed by atoms with Crippen molar-refractivity contribution < 1.29 is 13.2 Å². The van der Waals surface area contributed by atoms with E-state index in [1.54, 1.807) is 33.2 Å². The maximum Gasteiger partial charge on any atom is 0.321 e. The van der Waals surface area contributed by atoms with Crippen molar-refractivity contribution >= 4 is 48.7 Å². The standard InChI is InChI=1S/C18H22N6O3S2/c1-5-19-16(25)23-17-22-13-8-11(6-7-14(13)28-17)12-9-20-15(21-10-12)24-29(26,27)18(2,3)4/h6-10H,5H2,1-4H3,(H,20,21,24)(H2,19,22,23,25). The fourth-order valence-electron chi connectivity index (χ4n) is 2.27. The van der Waals surface area contributed by atoms with E-state index in [2.05, 4.69) is 30.3 Å². The second-order valence-corrected chi connectivity index (χ2v) is 10.7. The van der Waals surface area contributed by atoms with Gasteiger partial charge in [0.05, 0.1) is 15.0 Å². The lowest BCUT2D eigenvalue weighted by atomic mass is 10.1. The van der Waals surface area contributed by atoms with Gasteiger partial charge in [-0.3, -0.25) is 10.0 Å². The van der Waals surface area contributed by atoms with Gasteiger partial charge in [-0.2, -0.15) is 0 Å². The molecular weight excluding hydrogens is 412 g/mol. The fraction of sp³-hybridized carbons (Fsp3) is 0.333. The molecular formula is C18H22N6O3S2. The van der Waals surface area contributed by atoms with Gasteiger partial charge < -0.3 is 5.32 Å².